The monoisotopic (exact) mass is 422 g/mol. The van der Waals surface area contributed by atoms with Crippen molar-refractivity contribution in [2.24, 2.45) is 0 Å². The summed E-state index contributed by atoms with van der Waals surface area (Å²) in [7, 11) is 0. The highest BCUT2D eigenvalue weighted by atomic mass is 79.9. The zero-order valence-electron chi connectivity index (χ0n) is 13.8. The summed E-state index contributed by atoms with van der Waals surface area (Å²) in [6.07, 6.45) is 0. The van der Waals surface area contributed by atoms with Gasteiger partial charge in [0.25, 0.3) is 11.4 Å². The Morgan fingerprint density at radius 1 is 0.741 bits per heavy atom. The van der Waals surface area contributed by atoms with E-state index in [9.17, 15) is 20.2 Å². The van der Waals surface area contributed by atoms with Gasteiger partial charge in [-0.15, -0.1) is 0 Å². The minimum atomic E-state index is -0.586. The predicted molar refractivity (Wildman–Crippen MR) is 105 cm³/mol. The second kappa shape index (κ2) is 7.81. The summed E-state index contributed by atoms with van der Waals surface area (Å²) >= 11 is 3.01. The fraction of sp³-hybridized carbons (Fsp3) is 0. The minimum absolute atomic E-state index is 0.0632. The van der Waals surface area contributed by atoms with Crippen molar-refractivity contribution < 1.29 is 9.85 Å². The van der Waals surface area contributed by atoms with Crippen LogP contribution in [-0.4, -0.2) is 9.85 Å². The third-order valence-electron chi connectivity index (χ3n) is 3.78. The lowest BCUT2D eigenvalue weighted by atomic mass is 10.0. The van der Waals surface area contributed by atoms with Crippen LogP contribution in [0.25, 0.3) is 11.1 Å². The fourth-order valence-electron chi connectivity index (χ4n) is 2.47. The van der Waals surface area contributed by atoms with Gasteiger partial charge >= 0.3 is 0 Å². The molecular formula is C20H11BrN2O4. The Bertz CT molecular complexity index is 1080. The number of nitrogens with zero attached hydrogens (tertiary/aromatic N) is 2. The average molecular weight is 423 g/mol. The van der Waals surface area contributed by atoms with E-state index in [1.165, 1.54) is 6.07 Å². The Hall–Kier alpha value is -3.50. The molecule has 0 aliphatic carbocycles. The molecule has 0 amide bonds. The third-order valence-corrected chi connectivity index (χ3v) is 4.41. The highest BCUT2D eigenvalue weighted by Crippen LogP contribution is 2.38. The normalized spacial score (nSPS) is 9.96. The van der Waals surface area contributed by atoms with Crippen LogP contribution in [0.2, 0.25) is 0 Å². The molecule has 0 bridgehead atoms. The van der Waals surface area contributed by atoms with Crippen molar-refractivity contribution in [1.29, 1.82) is 0 Å². The van der Waals surface area contributed by atoms with Crippen LogP contribution in [0.5, 0.6) is 0 Å². The number of benzene rings is 3. The summed E-state index contributed by atoms with van der Waals surface area (Å²) in [6.45, 7) is 0. The molecule has 0 saturated carbocycles. The van der Waals surface area contributed by atoms with E-state index < -0.39 is 9.85 Å². The zero-order chi connectivity index (χ0) is 19.4. The van der Waals surface area contributed by atoms with Gasteiger partial charge in [0.1, 0.15) is 4.47 Å². The minimum Gasteiger partial charge on any atom is -0.258 e. The second-order valence-electron chi connectivity index (χ2n) is 5.53. The Morgan fingerprint density at radius 2 is 1.30 bits per heavy atom. The molecule has 6 nitrogen and oxygen atoms in total. The van der Waals surface area contributed by atoms with E-state index in [1.54, 1.807) is 24.3 Å². The van der Waals surface area contributed by atoms with Gasteiger partial charge in [-0.25, -0.2) is 0 Å². The van der Waals surface area contributed by atoms with Gasteiger partial charge in [-0.05, 0) is 45.8 Å². The summed E-state index contributed by atoms with van der Waals surface area (Å²) in [4.78, 5) is 21.3. The maximum Gasteiger partial charge on any atom is 0.284 e. The molecule has 0 aromatic heterocycles. The van der Waals surface area contributed by atoms with E-state index >= 15 is 0 Å². The van der Waals surface area contributed by atoms with E-state index in [4.69, 9.17) is 0 Å². The summed E-state index contributed by atoms with van der Waals surface area (Å²) in [5, 5.41) is 22.5. The van der Waals surface area contributed by atoms with Crippen LogP contribution in [0.3, 0.4) is 0 Å². The van der Waals surface area contributed by atoms with Crippen molar-refractivity contribution in [2.75, 3.05) is 0 Å². The van der Waals surface area contributed by atoms with Crippen molar-refractivity contribution in [3.05, 3.63) is 103 Å². The number of nitro groups is 2. The molecule has 0 atom stereocenters. The van der Waals surface area contributed by atoms with E-state index in [1.807, 2.05) is 30.3 Å². The Labute approximate surface area is 162 Å². The summed E-state index contributed by atoms with van der Waals surface area (Å²) < 4.78 is 0.0632. The molecule has 27 heavy (non-hydrogen) atoms. The first kappa shape index (κ1) is 18.3. The van der Waals surface area contributed by atoms with Crippen LogP contribution in [-0.2, 0) is 0 Å². The van der Waals surface area contributed by atoms with Gasteiger partial charge in [0, 0.05) is 23.3 Å². The fourth-order valence-corrected chi connectivity index (χ4v) is 2.95. The van der Waals surface area contributed by atoms with E-state index in [0.29, 0.717) is 5.56 Å². The van der Waals surface area contributed by atoms with Gasteiger partial charge in [0.2, 0.25) is 0 Å². The molecule has 0 radical (unpaired) electrons. The van der Waals surface area contributed by atoms with Crippen molar-refractivity contribution in [1.82, 2.24) is 0 Å². The van der Waals surface area contributed by atoms with Crippen LogP contribution >= 0.6 is 15.9 Å². The second-order valence-corrected chi connectivity index (χ2v) is 6.38. The maximum atomic E-state index is 11.3. The zero-order valence-corrected chi connectivity index (χ0v) is 15.3. The Morgan fingerprint density at radius 3 is 1.85 bits per heavy atom. The number of halogens is 1. The lowest BCUT2D eigenvalue weighted by Gasteiger charge is -2.05. The summed E-state index contributed by atoms with van der Waals surface area (Å²) in [5.41, 5.74) is 1.84. The van der Waals surface area contributed by atoms with E-state index in [2.05, 4.69) is 27.8 Å². The van der Waals surface area contributed by atoms with Gasteiger partial charge in [0.15, 0.2) is 0 Å². The molecule has 0 aliphatic heterocycles. The first-order chi connectivity index (χ1) is 13.0. The van der Waals surface area contributed by atoms with Crippen LogP contribution in [0, 0.1) is 32.1 Å². The average Bonchev–Trinajstić information content (AvgIpc) is 2.67. The molecule has 0 unspecified atom stereocenters. The summed E-state index contributed by atoms with van der Waals surface area (Å²) in [5.74, 6) is 6.04. The molecular weight excluding hydrogens is 412 g/mol. The van der Waals surface area contributed by atoms with Crippen molar-refractivity contribution in [2.45, 2.75) is 0 Å². The molecule has 0 heterocycles. The molecule has 3 rings (SSSR count). The lowest BCUT2D eigenvalue weighted by Crippen LogP contribution is -1.96. The topological polar surface area (TPSA) is 86.3 Å². The molecule has 0 N–H and O–H groups in total. The van der Waals surface area contributed by atoms with Crippen LogP contribution in [0.15, 0.2) is 71.2 Å². The number of hydrogen-bond acceptors (Lipinski definition) is 4. The molecule has 7 heteroatoms. The van der Waals surface area contributed by atoms with Gasteiger partial charge in [0.05, 0.1) is 15.4 Å². The lowest BCUT2D eigenvalue weighted by molar-refractivity contribution is -0.389. The van der Waals surface area contributed by atoms with Crippen LogP contribution in [0.4, 0.5) is 11.4 Å². The van der Waals surface area contributed by atoms with Crippen LogP contribution < -0.4 is 0 Å². The standard InChI is InChI=1S/C20H11BrN2O4/c21-18-13-19(22(24)25)17(12-20(18)23(26)27)16-10-8-15(9-11-16)7-6-14-4-2-1-3-5-14/h1-5,8-13H. The first-order valence-corrected chi connectivity index (χ1v) is 8.55. The third kappa shape index (κ3) is 4.19. The Kier molecular flexibility index (Phi) is 5.29. The molecule has 0 spiro atoms. The Balaban J connectivity index is 2.00. The summed E-state index contributed by atoms with van der Waals surface area (Å²) in [6, 6.07) is 18.6. The van der Waals surface area contributed by atoms with Crippen molar-refractivity contribution in [3.63, 3.8) is 0 Å². The van der Waals surface area contributed by atoms with Gasteiger partial charge in [-0.1, -0.05) is 42.2 Å². The van der Waals surface area contributed by atoms with Crippen molar-refractivity contribution >= 4 is 27.3 Å². The number of rotatable bonds is 3. The van der Waals surface area contributed by atoms with E-state index in [0.717, 1.165) is 17.2 Å². The van der Waals surface area contributed by atoms with Gasteiger partial charge in [-0.2, -0.15) is 0 Å². The quantitative estimate of drug-likeness (QED) is 0.324. The molecule has 3 aromatic carbocycles. The van der Waals surface area contributed by atoms with Crippen LogP contribution in [0.1, 0.15) is 11.1 Å². The molecule has 132 valence electrons. The van der Waals surface area contributed by atoms with Gasteiger partial charge in [-0.3, -0.25) is 20.2 Å². The predicted octanol–water partition coefficient (Wildman–Crippen LogP) is 5.33. The highest BCUT2D eigenvalue weighted by molar-refractivity contribution is 9.10. The van der Waals surface area contributed by atoms with E-state index in [-0.39, 0.29) is 21.4 Å². The largest absolute Gasteiger partial charge is 0.284 e. The highest BCUT2D eigenvalue weighted by Gasteiger charge is 2.23. The SMILES string of the molecule is O=[N+]([O-])c1cc(-c2ccc(C#Cc3ccccc3)cc2)c([N+](=O)[O-])cc1Br. The van der Waals surface area contributed by atoms with Gasteiger partial charge < -0.3 is 0 Å². The molecule has 3 aromatic rings. The molecule has 0 fully saturated rings. The smallest absolute Gasteiger partial charge is 0.258 e. The molecule has 0 aliphatic rings. The maximum absolute atomic E-state index is 11.3. The number of hydrogen-bond donors (Lipinski definition) is 0. The van der Waals surface area contributed by atoms with Crippen molar-refractivity contribution in [3.8, 4) is 23.0 Å². The first-order valence-electron chi connectivity index (χ1n) is 7.75. The number of nitro benzene ring substituents is 2. The molecule has 0 saturated heterocycles.